The number of nitrogens with zero attached hydrogens (tertiary/aromatic N) is 3. The highest BCUT2D eigenvalue weighted by atomic mass is 32.1. The third kappa shape index (κ3) is 5.39. The van der Waals surface area contributed by atoms with Gasteiger partial charge in [0.15, 0.2) is 5.11 Å². The first-order valence-electron chi connectivity index (χ1n) is 13.8. The van der Waals surface area contributed by atoms with Gasteiger partial charge in [-0.2, -0.15) is 0 Å². The number of aryl methyl sites for hydroxylation is 5. The maximum Gasteiger partial charge on any atom is 0.226 e. The van der Waals surface area contributed by atoms with Crippen molar-refractivity contribution in [1.29, 1.82) is 0 Å². The molecule has 1 aliphatic heterocycles. The fraction of sp³-hybridized carbons (Fsp3) is 0.303. The maximum atomic E-state index is 13.0. The Morgan fingerprint density at radius 1 is 0.950 bits per heavy atom. The first kappa shape index (κ1) is 27.6. The lowest BCUT2D eigenvalue weighted by molar-refractivity contribution is -0.116. The van der Waals surface area contributed by atoms with Crippen LogP contribution in [0.4, 0.5) is 5.69 Å². The van der Waals surface area contributed by atoms with Gasteiger partial charge in [0.2, 0.25) is 5.91 Å². The van der Waals surface area contributed by atoms with Crippen molar-refractivity contribution in [2.75, 3.05) is 11.9 Å². The van der Waals surface area contributed by atoms with Gasteiger partial charge in [-0.25, -0.2) is 0 Å². The van der Waals surface area contributed by atoms with Crippen molar-refractivity contribution in [2.24, 2.45) is 0 Å². The van der Waals surface area contributed by atoms with Gasteiger partial charge in [0.25, 0.3) is 0 Å². The predicted molar refractivity (Wildman–Crippen MR) is 166 cm³/mol. The highest BCUT2D eigenvalue weighted by Crippen LogP contribution is 2.42. The van der Waals surface area contributed by atoms with Crippen molar-refractivity contribution in [2.45, 2.75) is 60.0 Å². The van der Waals surface area contributed by atoms with Crippen LogP contribution in [0, 0.1) is 41.5 Å². The van der Waals surface area contributed by atoms with Crippen LogP contribution in [0.2, 0.25) is 0 Å². The van der Waals surface area contributed by atoms with Crippen LogP contribution in [0.1, 0.15) is 63.4 Å². The number of hydrogen-bond acceptors (Lipinski definition) is 3. The number of anilines is 1. The normalized spacial score (nSPS) is 16.8. The molecule has 0 aliphatic carbocycles. The van der Waals surface area contributed by atoms with Gasteiger partial charge < -0.3 is 20.1 Å². The molecule has 6 nitrogen and oxygen atoms in total. The summed E-state index contributed by atoms with van der Waals surface area (Å²) in [6.45, 7) is 13.4. The first-order chi connectivity index (χ1) is 19.1. The van der Waals surface area contributed by atoms with Crippen molar-refractivity contribution in [1.82, 2.24) is 19.8 Å². The van der Waals surface area contributed by atoms with Gasteiger partial charge in [-0.05, 0) is 101 Å². The Morgan fingerprint density at radius 3 is 2.30 bits per heavy atom. The molecule has 0 bridgehead atoms. The molecule has 0 saturated carbocycles. The lowest BCUT2D eigenvalue weighted by atomic mass is 9.96. The van der Waals surface area contributed by atoms with Gasteiger partial charge in [0.1, 0.15) is 0 Å². The van der Waals surface area contributed by atoms with Crippen molar-refractivity contribution < 1.29 is 4.79 Å². The number of hydrogen-bond donors (Lipinski definition) is 2. The number of benzene rings is 2. The Labute approximate surface area is 242 Å². The minimum atomic E-state index is -0.136. The molecular weight excluding hydrogens is 514 g/mol. The summed E-state index contributed by atoms with van der Waals surface area (Å²) in [5, 5.41) is 7.19. The van der Waals surface area contributed by atoms with E-state index >= 15 is 0 Å². The molecule has 2 N–H and O–H groups in total. The van der Waals surface area contributed by atoms with Gasteiger partial charge in [-0.3, -0.25) is 9.78 Å². The molecule has 2 atom stereocenters. The van der Waals surface area contributed by atoms with Crippen LogP contribution in [-0.2, 0) is 4.79 Å². The highest BCUT2D eigenvalue weighted by molar-refractivity contribution is 7.80. The second kappa shape index (κ2) is 11.3. The van der Waals surface area contributed by atoms with Crippen LogP contribution in [0.3, 0.4) is 0 Å². The zero-order valence-corrected chi connectivity index (χ0v) is 24.9. The SMILES string of the molecule is Cc1ccc(NC(=O)CCN2C(=S)N[C@@H](c3ccccn3)[C@@H]2c2cc(C)n(-c3c(C)cc(C)cc3C)c2C)cc1. The molecule has 40 heavy (non-hydrogen) atoms. The molecule has 0 spiro atoms. The number of nitrogens with one attached hydrogen (secondary N) is 2. The smallest absolute Gasteiger partial charge is 0.226 e. The van der Waals surface area contributed by atoms with Gasteiger partial charge in [0.05, 0.1) is 23.5 Å². The number of amides is 1. The summed E-state index contributed by atoms with van der Waals surface area (Å²) in [6.07, 6.45) is 2.13. The molecule has 0 unspecified atom stereocenters. The molecule has 206 valence electrons. The molecule has 1 saturated heterocycles. The molecule has 7 heteroatoms. The monoisotopic (exact) mass is 551 g/mol. The number of thiocarbonyl (C=S) groups is 1. The molecule has 0 radical (unpaired) electrons. The van der Waals surface area contributed by atoms with Crippen LogP contribution in [0.15, 0.2) is 66.9 Å². The Bertz CT molecular complexity index is 1530. The molecule has 3 heterocycles. The topological polar surface area (TPSA) is 62.2 Å². The molecule has 1 fully saturated rings. The van der Waals surface area contributed by atoms with E-state index in [-0.39, 0.29) is 18.0 Å². The van der Waals surface area contributed by atoms with Crippen LogP contribution < -0.4 is 10.6 Å². The third-order valence-corrected chi connectivity index (χ3v) is 8.11. The molecular formula is C33H37N5OS. The third-order valence-electron chi connectivity index (χ3n) is 7.76. The number of carbonyl (C=O) groups excluding carboxylic acids is 1. The van der Waals surface area contributed by atoms with E-state index in [4.69, 9.17) is 12.2 Å². The zero-order valence-electron chi connectivity index (χ0n) is 24.1. The fourth-order valence-electron chi connectivity index (χ4n) is 6.02. The van der Waals surface area contributed by atoms with E-state index in [1.165, 1.54) is 33.6 Å². The van der Waals surface area contributed by atoms with E-state index in [0.29, 0.717) is 18.1 Å². The molecule has 1 amide bonds. The Hall–Kier alpha value is -3.97. The van der Waals surface area contributed by atoms with E-state index in [2.05, 4.69) is 77.9 Å². The maximum absolute atomic E-state index is 13.0. The number of rotatable bonds is 7. The van der Waals surface area contributed by atoms with E-state index in [0.717, 1.165) is 22.6 Å². The van der Waals surface area contributed by atoms with Crippen molar-refractivity contribution >= 4 is 28.9 Å². The van der Waals surface area contributed by atoms with Crippen molar-refractivity contribution in [3.8, 4) is 5.69 Å². The summed E-state index contributed by atoms with van der Waals surface area (Å²) < 4.78 is 2.36. The van der Waals surface area contributed by atoms with E-state index in [1.54, 1.807) is 0 Å². The Balaban J connectivity index is 1.50. The van der Waals surface area contributed by atoms with Crippen molar-refractivity contribution in [3.05, 3.63) is 112 Å². The summed E-state index contributed by atoms with van der Waals surface area (Å²) in [5.74, 6) is -0.0388. The Morgan fingerprint density at radius 2 is 1.65 bits per heavy atom. The summed E-state index contributed by atoms with van der Waals surface area (Å²) in [5.41, 5.74) is 11.4. The van der Waals surface area contributed by atoms with Crippen LogP contribution >= 0.6 is 12.2 Å². The minimum Gasteiger partial charge on any atom is -0.352 e. The average Bonchev–Trinajstić information content (AvgIpc) is 3.39. The summed E-state index contributed by atoms with van der Waals surface area (Å²) in [7, 11) is 0. The van der Waals surface area contributed by atoms with Gasteiger partial charge >= 0.3 is 0 Å². The standard InChI is InChI=1S/C33H37N5OS/c1-20-10-12-26(13-11-20)35-29(39)14-16-37-32(30(36-33(37)40)28-9-7-8-15-34-28)27-19-24(5)38(25(27)6)31-22(3)17-21(2)18-23(31)4/h7-13,15,17-19,30,32H,14,16H2,1-6H3,(H,35,39)(H,36,40)/t30-,32-/m0/s1. The number of pyridine rings is 1. The molecule has 4 aromatic rings. The van der Waals surface area contributed by atoms with E-state index in [9.17, 15) is 4.79 Å². The summed E-state index contributed by atoms with van der Waals surface area (Å²) >= 11 is 5.87. The highest BCUT2D eigenvalue weighted by Gasteiger charge is 2.41. The van der Waals surface area contributed by atoms with Crippen LogP contribution in [-0.4, -0.2) is 32.0 Å². The zero-order chi connectivity index (χ0) is 28.6. The molecule has 1 aliphatic rings. The van der Waals surface area contributed by atoms with Crippen LogP contribution in [0.5, 0.6) is 0 Å². The molecule has 2 aromatic carbocycles. The minimum absolute atomic E-state index is 0.0388. The predicted octanol–water partition coefficient (Wildman–Crippen LogP) is 6.72. The van der Waals surface area contributed by atoms with Gasteiger partial charge in [-0.15, -0.1) is 0 Å². The van der Waals surface area contributed by atoms with Gasteiger partial charge in [0, 0.05) is 36.2 Å². The van der Waals surface area contributed by atoms with E-state index in [1.807, 2.05) is 55.6 Å². The first-order valence-corrected chi connectivity index (χ1v) is 14.2. The van der Waals surface area contributed by atoms with Crippen LogP contribution in [0.25, 0.3) is 5.69 Å². The second-order valence-corrected chi connectivity index (χ2v) is 11.3. The average molecular weight is 552 g/mol. The summed E-state index contributed by atoms with van der Waals surface area (Å²) in [6, 6.07) is 20.3. The fourth-order valence-corrected chi connectivity index (χ4v) is 6.36. The summed E-state index contributed by atoms with van der Waals surface area (Å²) in [4.78, 5) is 19.8. The van der Waals surface area contributed by atoms with E-state index < -0.39 is 0 Å². The lowest BCUT2D eigenvalue weighted by Gasteiger charge is -2.28. The van der Waals surface area contributed by atoms with Gasteiger partial charge in [-0.1, -0.05) is 41.5 Å². The largest absolute Gasteiger partial charge is 0.352 e. The Kier molecular flexibility index (Phi) is 7.76. The molecule has 5 rings (SSSR count). The molecule has 2 aromatic heterocycles. The van der Waals surface area contributed by atoms with Crippen molar-refractivity contribution in [3.63, 3.8) is 0 Å². The number of carbonyl (C=O) groups is 1. The second-order valence-electron chi connectivity index (χ2n) is 10.9. The number of aromatic nitrogens is 2. The quantitative estimate of drug-likeness (QED) is 0.250. The lowest BCUT2D eigenvalue weighted by Crippen LogP contribution is -2.32.